The van der Waals surface area contributed by atoms with E-state index in [0.29, 0.717) is 12.1 Å². The number of amides is 2. The van der Waals surface area contributed by atoms with Gasteiger partial charge < -0.3 is 15.5 Å². The van der Waals surface area contributed by atoms with Crippen LogP contribution in [-0.2, 0) is 6.54 Å². The number of carbonyl (C=O) groups is 1. The Balaban J connectivity index is 1.26. The second kappa shape index (κ2) is 10.7. The smallest absolute Gasteiger partial charge is 0.315 e. The Morgan fingerprint density at radius 2 is 1.85 bits per heavy atom. The maximum Gasteiger partial charge on any atom is 0.315 e. The molecular weight excluding hydrogens is 336 g/mol. The number of hydrogen-bond donors (Lipinski definition) is 2. The fraction of sp³-hybridized carbons (Fsp3) is 0.682. The van der Waals surface area contributed by atoms with Gasteiger partial charge in [0.25, 0.3) is 0 Å². The van der Waals surface area contributed by atoms with E-state index in [1.54, 1.807) is 0 Å². The van der Waals surface area contributed by atoms with Gasteiger partial charge in [-0.3, -0.25) is 4.90 Å². The molecule has 2 aliphatic rings. The summed E-state index contributed by atoms with van der Waals surface area (Å²) in [6, 6.07) is 11.6. The largest absolute Gasteiger partial charge is 0.338 e. The van der Waals surface area contributed by atoms with E-state index in [0.717, 1.165) is 52.0 Å². The summed E-state index contributed by atoms with van der Waals surface area (Å²) in [7, 11) is 0. The molecule has 0 saturated carbocycles. The molecule has 150 valence electrons. The first-order chi connectivity index (χ1) is 13.2. The highest BCUT2D eigenvalue weighted by Gasteiger charge is 2.21. The lowest BCUT2D eigenvalue weighted by Crippen LogP contribution is -2.48. The molecule has 2 heterocycles. The number of likely N-dealkylation sites (tertiary alicyclic amines) is 2. The van der Waals surface area contributed by atoms with Gasteiger partial charge in [0.15, 0.2) is 0 Å². The van der Waals surface area contributed by atoms with Gasteiger partial charge >= 0.3 is 6.03 Å². The van der Waals surface area contributed by atoms with Crippen molar-refractivity contribution in [2.75, 3.05) is 32.7 Å². The first kappa shape index (κ1) is 20.2. The highest BCUT2D eigenvalue weighted by molar-refractivity contribution is 5.74. The zero-order chi connectivity index (χ0) is 18.9. The molecule has 0 radical (unpaired) electrons. The van der Waals surface area contributed by atoms with Gasteiger partial charge in [-0.15, -0.1) is 0 Å². The van der Waals surface area contributed by atoms with Crippen molar-refractivity contribution >= 4 is 6.03 Å². The van der Waals surface area contributed by atoms with Crippen LogP contribution in [0.25, 0.3) is 0 Å². The molecule has 27 heavy (non-hydrogen) atoms. The molecule has 0 aliphatic carbocycles. The quantitative estimate of drug-likeness (QED) is 0.723. The van der Waals surface area contributed by atoms with Crippen LogP contribution in [0.3, 0.4) is 0 Å². The molecule has 1 atom stereocenters. The minimum atomic E-state index is 0.00296. The summed E-state index contributed by atoms with van der Waals surface area (Å²) in [6.45, 7) is 8.51. The van der Waals surface area contributed by atoms with Gasteiger partial charge in [-0.25, -0.2) is 4.79 Å². The molecule has 1 aromatic carbocycles. The van der Waals surface area contributed by atoms with Crippen molar-refractivity contribution < 1.29 is 4.79 Å². The molecule has 2 N–H and O–H groups in total. The summed E-state index contributed by atoms with van der Waals surface area (Å²) in [4.78, 5) is 17.2. The highest BCUT2D eigenvalue weighted by Crippen LogP contribution is 2.16. The topological polar surface area (TPSA) is 47.6 Å². The average molecular weight is 373 g/mol. The summed E-state index contributed by atoms with van der Waals surface area (Å²) in [6.07, 6.45) is 7.10. The Kier molecular flexibility index (Phi) is 7.96. The maximum atomic E-state index is 12.1. The van der Waals surface area contributed by atoms with Gasteiger partial charge in [0.2, 0.25) is 0 Å². The standard InChI is InChI=1S/C22H36N4O/c1-19-8-5-6-14-26(19)15-7-13-23-22(27)24-21-11-16-25(17-12-21)18-20-9-3-2-4-10-20/h2-4,9-10,19,21H,5-8,11-18H2,1H3,(H2,23,24,27). The predicted octanol–water partition coefficient (Wildman–Crippen LogP) is 3.21. The first-order valence-corrected chi connectivity index (χ1v) is 10.8. The fourth-order valence-corrected chi connectivity index (χ4v) is 4.29. The van der Waals surface area contributed by atoms with E-state index in [2.05, 4.69) is 57.7 Å². The summed E-state index contributed by atoms with van der Waals surface area (Å²) in [5.41, 5.74) is 1.37. The van der Waals surface area contributed by atoms with Crippen molar-refractivity contribution in [3.8, 4) is 0 Å². The van der Waals surface area contributed by atoms with Crippen LogP contribution in [0.4, 0.5) is 4.79 Å². The van der Waals surface area contributed by atoms with Gasteiger partial charge in [-0.05, 0) is 51.1 Å². The molecule has 2 saturated heterocycles. The van der Waals surface area contributed by atoms with Crippen molar-refractivity contribution in [3.63, 3.8) is 0 Å². The molecule has 0 spiro atoms. The van der Waals surface area contributed by atoms with Crippen LogP contribution in [0.5, 0.6) is 0 Å². The van der Waals surface area contributed by atoms with E-state index in [4.69, 9.17) is 0 Å². The lowest BCUT2D eigenvalue weighted by atomic mass is 10.0. The monoisotopic (exact) mass is 372 g/mol. The van der Waals surface area contributed by atoms with Crippen molar-refractivity contribution in [2.24, 2.45) is 0 Å². The van der Waals surface area contributed by atoms with Crippen molar-refractivity contribution in [3.05, 3.63) is 35.9 Å². The fourth-order valence-electron chi connectivity index (χ4n) is 4.29. The van der Waals surface area contributed by atoms with Gasteiger partial charge in [-0.1, -0.05) is 36.8 Å². The highest BCUT2D eigenvalue weighted by atomic mass is 16.2. The SMILES string of the molecule is CC1CCCCN1CCCNC(=O)NC1CCN(Cc2ccccc2)CC1. The van der Waals surface area contributed by atoms with Crippen LogP contribution in [0, 0.1) is 0 Å². The van der Waals surface area contributed by atoms with Crippen LogP contribution in [-0.4, -0.2) is 60.6 Å². The molecule has 2 amide bonds. The van der Waals surface area contributed by atoms with Gasteiger partial charge in [0, 0.05) is 44.8 Å². The number of rotatable bonds is 7. The zero-order valence-corrected chi connectivity index (χ0v) is 16.8. The molecule has 2 fully saturated rings. The Morgan fingerprint density at radius 3 is 2.59 bits per heavy atom. The number of carbonyl (C=O) groups excluding carboxylic acids is 1. The van der Waals surface area contributed by atoms with E-state index in [-0.39, 0.29) is 6.03 Å². The number of nitrogens with one attached hydrogen (secondary N) is 2. The Morgan fingerprint density at radius 1 is 1.07 bits per heavy atom. The molecule has 2 aliphatic heterocycles. The van der Waals surface area contributed by atoms with Crippen LogP contribution >= 0.6 is 0 Å². The van der Waals surface area contributed by atoms with Crippen molar-refractivity contribution in [1.29, 1.82) is 0 Å². The van der Waals surface area contributed by atoms with Crippen molar-refractivity contribution in [2.45, 2.75) is 64.1 Å². The molecule has 1 unspecified atom stereocenters. The van der Waals surface area contributed by atoms with E-state index >= 15 is 0 Å². The number of urea groups is 1. The van der Waals surface area contributed by atoms with Gasteiger partial charge in [0.1, 0.15) is 0 Å². The zero-order valence-electron chi connectivity index (χ0n) is 16.8. The number of piperidine rings is 2. The molecule has 5 nitrogen and oxygen atoms in total. The van der Waals surface area contributed by atoms with Crippen LogP contribution in [0.15, 0.2) is 30.3 Å². The minimum Gasteiger partial charge on any atom is -0.338 e. The Hall–Kier alpha value is -1.59. The lowest BCUT2D eigenvalue weighted by Gasteiger charge is -2.33. The second-order valence-corrected chi connectivity index (χ2v) is 8.17. The second-order valence-electron chi connectivity index (χ2n) is 8.17. The maximum absolute atomic E-state index is 12.1. The summed E-state index contributed by atoms with van der Waals surface area (Å²) in [5, 5.41) is 6.21. The number of nitrogens with zero attached hydrogens (tertiary/aromatic N) is 2. The summed E-state index contributed by atoms with van der Waals surface area (Å²) >= 11 is 0. The summed E-state index contributed by atoms with van der Waals surface area (Å²) in [5.74, 6) is 0. The third kappa shape index (κ3) is 6.82. The summed E-state index contributed by atoms with van der Waals surface area (Å²) < 4.78 is 0. The Bertz CT molecular complexity index is 557. The minimum absolute atomic E-state index is 0.00296. The molecule has 1 aromatic rings. The molecule has 0 bridgehead atoms. The molecule has 5 heteroatoms. The lowest BCUT2D eigenvalue weighted by molar-refractivity contribution is 0.158. The average Bonchev–Trinajstić information content (AvgIpc) is 2.69. The number of benzene rings is 1. The van der Waals surface area contributed by atoms with Crippen LogP contribution in [0.1, 0.15) is 51.0 Å². The third-order valence-electron chi connectivity index (χ3n) is 6.02. The molecule has 0 aromatic heterocycles. The van der Waals surface area contributed by atoms with Crippen LogP contribution in [0.2, 0.25) is 0 Å². The van der Waals surface area contributed by atoms with E-state index in [1.165, 1.54) is 31.4 Å². The molecular formula is C22H36N4O. The van der Waals surface area contributed by atoms with Gasteiger partial charge in [0.05, 0.1) is 0 Å². The molecule has 3 rings (SSSR count). The Labute approximate surface area is 164 Å². The van der Waals surface area contributed by atoms with E-state index in [1.807, 2.05) is 0 Å². The third-order valence-corrected chi connectivity index (χ3v) is 6.02. The predicted molar refractivity (Wildman–Crippen MR) is 111 cm³/mol. The number of hydrogen-bond acceptors (Lipinski definition) is 3. The van der Waals surface area contributed by atoms with E-state index < -0.39 is 0 Å². The van der Waals surface area contributed by atoms with Gasteiger partial charge in [-0.2, -0.15) is 0 Å². The van der Waals surface area contributed by atoms with Crippen LogP contribution < -0.4 is 10.6 Å². The normalized spacial score (nSPS) is 22.5. The van der Waals surface area contributed by atoms with E-state index in [9.17, 15) is 4.79 Å². The first-order valence-electron chi connectivity index (χ1n) is 10.8. The van der Waals surface area contributed by atoms with Crippen molar-refractivity contribution in [1.82, 2.24) is 20.4 Å².